The fourth-order valence-corrected chi connectivity index (χ4v) is 3.19. The summed E-state index contributed by atoms with van der Waals surface area (Å²) in [4.78, 5) is 3.83. The molecule has 0 saturated carbocycles. The Balaban J connectivity index is 2.59. The number of hydrogen-bond acceptors (Lipinski definition) is 3. The van der Waals surface area contributed by atoms with E-state index >= 15 is 0 Å². The Morgan fingerprint density at radius 2 is 2.00 bits per heavy atom. The monoisotopic (exact) mass is 295 g/mol. The first-order chi connectivity index (χ1) is 8.34. The highest BCUT2D eigenvalue weighted by Crippen LogP contribution is 2.30. The van der Waals surface area contributed by atoms with Gasteiger partial charge < -0.3 is 0 Å². The van der Waals surface area contributed by atoms with E-state index in [0.29, 0.717) is 16.9 Å². The summed E-state index contributed by atoms with van der Waals surface area (Å²) < 4.78 is 37.0. The maximum absolute atomic E-state index is 12.3. The summed E-state index contributed by atoms with van der Waals surface area (Å²) >= 11 is 5.75. The van der Waals surface area contributed by atoms with E-state index in [4.69, 9.17) is 0 Å². The SMILES string of the molecule is CC(C)C(CS)CSc1ccc(C(F)(F)F)cn1. The molecule has 6 heteroatoms. The molecule has 0 aromatic carbocycles. The van der Waals surface area contributed by atoms with Gasteiger partial charge in [-0.2, -0.15) is 25.8 Å². The minimum Gasteiger partial charge on any atom is -0.249 e. The zero-order valence-electron chi connectivity index (χ0n) is 10.2. The van der Waals surface area contributed by atoms with Gasteiger partial charge in [-0.25, -0.2) is 4.98 Å². The second kappa shape index (κ2) is 6.70. The number of halogens is 3. The molecule has 102 valence electrons. The van der Waals surface area contributed by atoms with Crippen molar-refractivity contribution in [1.29, 1.82) is 0 Å². The smallest absolute Gasteiger partial charge is 0.249 e. The highest BCUT2D eigenvalue weighted by atomic mass is 32.2. The number of pyridine rings is 1. The number of thiol groups is 1. The van der Waals surface area contributed by atoms with Crippen molar-refractivity contribution in [2.24, 2.45) is 11.8 Å². The lowest BCUT2D eigenvalue weighted by molar-refractivity contribution is -0.137. The molecule has 0 radical (unpaired) electrons. The molecule has 0 amide bonds. The van der Waals surface area contributed by atoms with Crippen molar-refractivity contribution in [1.82, 2.24) is 4.98 Å². The summed E-state index contributed by atoms with van der Waals surface area (Å²) in [7, 11) is 0. The number of aromatic nitrogens is 1. The lowest BCUT2D eigenvalue weighted by Gasteiger charge is -2.17. The first-order valence-corrected chi connectivity index (χ1v) is 7.23. The first-order valence-electron chi connectivity index (χ1n) is 5.61. The summed E-state index contributed by atoms with van der Waals surface area (Å²) in [5.74, 6) is 2.53. The number of hydrogen-bond donors (Lipinski definition) is 1. The lowest BCUT2D eigenvalue weighted by atomic mass is 10.0. The van der Waals surface area contributed by atoms with E-state index in [2.05, 4.69) is 31.5 Å². The van der Waals surface area contributed by atoms with E-state index in [1.807, 2.05) is 0 Å². The third-order valence-corrected chi connectivity index (χ3v) is 4.29. The first kappa shape index (κ1) is 15.7. The molecule has 0 bridgehead atoms. The second-order valence-corrected chi connectivity index (χ2v) is 5.79. The Morgan fingerprint density at radius 1 is 1.33 bits per heavy atom. The van der Waals surface area contributed by atoms with Gasteiger partial charge in [0.25, 0.3) is 0 Å². The van der Waals surface area contributed by atoms with Crippen LogP contribution in [0.2, 0.25) is 0 Å². The minimum absolute atomic E-state index is 0.433. The van der Waals surface area contributed by atoms with Crippen LogP contribution in [0.4, 0.5) is 13.2 Å². The summed E-state index contributed by atoms with van der Waals surface area (Å²) in [6.07, 6.45) is -3.44. The Morgan fingerprint density at radius 3 is 2.39 bits per heavy atom. The Hall–Kier alpha value is -0.360. The van der Waals surface area contributed by atoms with Gasteiger partial charge in [-0.15, -0.1) is 11.8 Å². The van der Waals surface area contributed by atoms with Crippen molar-refractivity contribution in [2.75, 3.05) is 11.5 Å². The molecule has 0 saturated heterocycles. The van der Waals surface area contributed by atoms with E-state index in [9.17, 15) is 13.2 Å². The van der Waals surface area contributed by atoms with Crippen LogP contribution in [0.1, 0.15) is 19.4 Å². The van der Waals surface area contributed by atoms with Gasteiger partial charge in [0.2, 0.25) is 0 Å². The molecule has 1 atom stereocenters. The van der Waals surface area contributed by atoms with Crippen molar-refractivity contribution in [2.45, 2.75) is 25.0 Å². The number of alkyl halides is 3. The van der Waals surface area contributed by atoms with E-state index in [1.165, 1.54) is 17.8 Å². The number of thioether (sulfide) groups is 1. The fraction of sp³-hybridized carbons (Fsp3) is 0.583. The molecule has 0 aliphatic heterocycles. The zero-order valence-corrected chi connectivity index (χ0v) is 11.9. The summed E-state index contributed by atoms with van der Waals surface area (Å²) in [6.45, 7) is 4.23. The maximum Gasteiger partial charge on any atom is 0.417 e. The van der Waals surface area contributed by atoms with Gasteiger partial charge in [-0.1, -0.05) is 13.8 Å². The topological polar surface area (TPSA) is 12.9 Å². The highest BCUT2D eigenvalue weighted by molar-refractivity contribution is 7.99. The van der Waals surface area contributed by atoms with Crippen LogP contribution in [-0.4, -0.2) is 16.5 Å². The van der Waals surface area contributed by atoms with Gasteiger partial charge in [-0.3, -0.25) is 0 Å². The molecule has 0 fully saturated rings. The largest absolute Gasteiger partial charge is 0.417 e. The van der Waals surface area contributed by atoms with Gasteiger partial charge >= 0.3 is 6.18 Å². The Bertz CT molecular complexity index is 363. The fourth-order valence-electron chi connectivity index (χ4n) is 1.28. The molecule has 0 spiro atoms. The van der Waals surface area contributed by atoms with Gasteiger partial charge in [0.1, 0.15) is 0 Å². The molecule has 1 aromatic rings. The molecule has 18 heavy (non-hydrogen) atoms. The third-order valence-electron chi connectivity index (χ3n) is 2.69. The molecule has 1 nitrogen and oxygen atoms in total. The molecule has 0 N–H and O–H groups in total. The van der Waals surface area contributed by atoms with Crippen LogP contribution in [0, 0.1) is 11.8 Å². The molecule has 1 rings (SSSR count). The van der Waals surface area contributed by atoms with Crippen LogP contribution >= 0.6 is 24.4 Å². The van der Waals surface area contributed by atoms with Crippen LogP contribution < -0.4 is 0 Å². The predicted molar refractivity (Wildman–Crippen MR) is 72.1 cm³/mol. The van der Waals surface area contributed by atoms with Crippen molar-refractivity contribution >= 4 is 24.4 Å². The van der Waals surface area contributed by atoms with Gasteiger partial charge in [0, 0.05) is 11.9 Å². The van der Waals surface area contributed by atoms with Crippen molar-refractivity contribution < 1.29 is 13.2 Å². The van der Waals surface area contributed by atoms with Crippen molar-refractivity contribution in [3.05, 3.63) is 23.9 Å². The van der Waals surface area contributed by atoms with E-state index in [1.54, 1.807) is 0 Å². The molecule has 0 aliphatic rings. The average Bonchev–Trinajstić information content (AvgIpc) is 2.29. The van der Waals surface area contributed by atoms with Crippen LogP contribution in [-0.2, 0) is 6.18 Å². The molecule has 0 aliphatic carbocycles. The molecular weight excluding hydrogens is 279 g/mol. The number of rotatable bonds is 5. The highest BCUT2D eigenvalue weighted by Gasteiger charge is 2.30. The van der Waals surface area contributed by atoms with E-state index in [-0.39, 0.29) is 0 Å². The molecule has 1 unspecified atom stereocenters. The molecular formula is C12H16F3NS2. The quantitative estimate of drug-likeness (QED) is 0.639. The van der Waals surface area contributed by atoms with Crippen LogP contribution in [0.5, 0.6) is 0 Å². The second-order valence-electron chi connectivity index (χ2n) is 4.38. The van der Waals surface area contributed by atoms with Crippen LogP contribution in [0.25, 0.3) is 0 Å². The number of nitrogens with zero attached hydrogens (tertiary/aromatic N) is 1. The maximum atomic E-state index is 12.3. The van der Waals surface area contributed by atoms with E-state index in [0.717, 1.165) is 23.8 Å². The lowest BCUT2D eigenvalue weighted by Crippen LogP contribution is -2.13. The van der Waals surface area contributed by atoms with Gasteiger partial charge in [-0.05, 0) is 29.7 Å². The van der Waals surface area contributed by atoms with Crippen molar-refractivity contribution in [3.63, 3.8) is 0 Å². The summed E-state index contributed by atoms with van der Waals surface area (Å²) in [5.41, 5.74) is -0.707. The van der Waals surface area contributed by atoms with E-state index < -0.39 is 11.7 Å². The normalized spacial score (nSPS) is 13.9. The minimum atomic E-state index is -4.32. The van der Waals surface area contributed by atoms with Crippen LogP contribution in [0.15, 0.2) is 23.4 Å². The summed E-state index contributed by atoms with van der Waals surface area (Å²) in [6, 6.07) is 2.49. The van der Waals surface area contributed by atoms with Crippen LogP contribution in [0.3, 0.4) is 0 Å². The standard InChI is InChI=1S/C12H16F3NS2/c1-8(2)9(6-17)7-18-11-4-3-10(5-16-11)12(13,14)15/h3-5,8-9,17H,6-7H2,1-2H3. The predicted octanol–water partition coefficient (Wildman–Crippen LogP) is 4.39. The Labute approximate surface area is 115 Å². The molecule has 1 aromatic heterocycles. The Kier molecular flexibility index (Phi) is 5.85. The van der Waals surface area contributed by atoms with Crippen molar-refractivity contribution in [3.8, 4) is 0 Å². The van der Waals surface area contributed by atoms with Gasteiger partial charge in [0.05, 0.1) is 10.6 Å². The third kappa shape index (κ3) is 4.72. The van der Waals surface area contributed by atoms with Gasteiger partial charge in [0.15, 0.2) is 0 Å². The zero-order chi connectivity index (χ0) is 13.8. The average molecular weight is 295 g/mol. The summed E-state index contributed by atoms with van der Waals surface area (Å²) in [5, 5.41) is 0.621. The molecule has 1 heterocycles.